The van der Waals surface area contributed by atoms with Crippen LogP contribution in [0.3, 0.4) is 0 Å². The second kappa shape index (κ2) is 14.9. The molecular formula is C22H35N3O6S3. The SMILES string of the molecule is CSCC[C@H]1NC(=O)C[C@H]2/C=C\CCSSC[C@@H](NC1=O)C(=O)N[C@H](C(C)C)[C@@H](O)CC(=O)O2. The van der Waals surface area contributed by atoms with E-state index < -0.39 is 54.0 Å². The molecule has 0 aromatic carbocycles. The fraction of sp³-hybridized carbons (Fsp3) is 0.727. The summed E-state index contributed by atoms with van der Waals surface area (Å²) in [5, 5.41) is 19.1. The summed E-state index contributed by atoms with van der Waals surface area (Å²) < 4.78 is 5.50. The molecule has 0 unspecified atom stereocenters. The van der Waals surface area contributed by atoms with Crippen molar-refractivity contribution in [1.82, 2.24) is 16.0 Å². The molecule has 0 saturated carbocycles. The third-order valence-electron chi connectivity index (χ3n) is 5.42. The summed E-state index contributed by atoms with van der Waals surface area (Å²) in [6, 6.07) is -2.40. The molecule has 0 aliphatic carbocycles. The van der Waals surface area contributed by atoms with E-state index in [0.29, 0.717) is 24.3 Å². The van der Waals surface area contributed by atoms with Crippen LogP contribution in [0, 0.1) is 5.92 Å². The van der Waals surface area contributed by atoms with Crippen molar-refractivity contribution < 1.29 is 29.0 Å². The summed E-state index contributed by atoms with van der Waals surface area (Å²) in [6.45, 7) is 3.66. The molecule has 192 valence electrons. The highest BCUT2D eigenvalue weighted by molar-refractivity contribution is 8.76. The van der Waals surface area contributed by atoms with Crippen molar-refractivity contribution in [3.8, 4) is 0 Å². The number of amides is 3. The summed E-state index contributed by atoms with van der Waals surface area (Å²) in [5.74, 6) is -0.440. The van der Waals surface area contributed by atoms with Crippen LogP contribution < -0.4 is 16.0 Å². The predicted octanol–water partition coefficient (Wildman–Crippen LogP) is 1.26. The van der Waals surface area contributed by atoms with Crippen LogP contribution in [0.2, 0.25) is 0 Å². The van der Waals surface area contributed by atoms with E-state index in [-0.39, 0.29) is 18.8 Å². The van der Waals surface area contributed by atoms with E-state index in [1.807, 2.05) is 26.2 Å². The van der Waals surface area contributed by atoms with E-state index in [1.165, 1.54) is 10.8 Å². The molecule has 2 aliphatic rings. The number of thioether (sulfide) groups is 1. The summed E-state index contributed by atoms with van der Waals surface area (Å²) >= 11 is 1.55. The minimum absolute atomic E-state index is 0.141. The zero-order valence-corrected chi connectivity index (χ0v) is 22.2. The number of hydrogen-bond acceptors (Lipinski definition) is 9. The van der Waals surface area contributed by atoms with Gasteiger partial charge in [-0.2, -0.15) is 11.8 Å². The Morgan fingerprint density at radius 1 is 1.12 bits per heavy atom. The molecule has 4 N–H and O–H groups in total. The fourth-order valence-corrected chi connectivity index (χ4v) is 6.20. The van der Waals surface area contributed by atoms with Gasteiger partial charge in [-0.25, -0.2) is 0 Å². The minimum atomic E-state index is -1.18. The Bertz CT molecular complexity index is 751. The van der Waals surface area contributed by atoms with Gasteiger partial charge in [0.05, 0.1) is 25.0 Å². The van der Waals surface area contributed by atoms with Crippen LogP contribution in [0.15, 0.2) is 12.2 Å². The van der Waals surface area contributed by atoms with E-state index in [9.17, 15) is 24.3 Å². The Morgan fingerprint density at radius 2 is 1.88 bits per heavy atom. The average Bonchev–Trinajstić information content (AvgIpc) is 2.77. The van der Waals surface area contributed by atoms with Gasteiger partial charge in [-0.15, -0.1) is 0 Å². The van der Waals surface area contributed by atoms with Crippen molar-refractivity contribution in [2.24, 2.45) is 5.92 Å². The van der Waals surface area contributed by atoms with Gasteiger partial charge >= 0.3 is 5.97 Å². The zero-order valence-electron chi connectivity index (χ0n) is 19.8. The van der Waals surface area contributed by atoms with Crippen molar-refractivity contribution in [2.75, 3.05) is 23.5 Å². The van der Waals surface area contributed by atoms with Crippen molar-refractivity contribution >= 4 is 57.0 Å². The lowest BCUT2D eigenvalue weighted by molar-refractivity contribution is -0.151. The van der Waals surface area contributed by atoms with Crippen LogP contribution in [0.5, 0.6) is 0 Å². The molecule has 0 aromatic rings. The lowest BCUT2D eigenvalue weighted by atomic mass is 9.96. The van der Waals surface area contributed by atoms with Gasteiger partial charge in [0.15, 0.2) is 0 Å². The van der Waals surface area contributed by atoms with Crippen LogP contribution >= 0.6 is 33.3 Å². The minimum Gasteiger partial charge on any atom is -0.457 e. The van der Waals surface area contributed by atoms with Gasteiger partial charge in [-0.05, 0) is 36.8 Å². The molecule has 1 saturated heterocycles. The summed E-state index contributed by atoms with van der Waals surface area (Å²) in [6.07, 6.45) is 4.05. The Labute approximate surface area is 213 Å². The Kier molecular flexibility index (Phi) is 12.6. The number of hydrogen-bond donors (Lipinski definition) is 4. The number of esters is 1. The predicted molar refractivity (Wildman–Crippen MR) is 137 cm³/mol. The zero-order chi connectivity index (χ0) is 25.1. The summed E-state index contributed by atoms with van der Waals surface area (Å²) in [7, 11) is 3.04. The van der Waals surface area contributed by atoms with E-state index >= 15 is 0 Å². The Hall–Kier alpha value is -1.37. The van der Waals surface area contributed by atoms with Crippen LogP contribution in [-0.2, 0) is 23.9 Å². The third-order valence-corrected chi connectivity index (χ3v) is 8.51. The molecular weight excluding hydrogens is 498 g/mol. The van der Waals surface area contributed by atoms with Gasteiger partial charge in [0.2, 0.25) is 17.7 Å². The smallest absolute Gasteiger partial charge is 0.309 e. The number of aliphatic hydroxyl groups excluding tert-OH is 1. The molecule has 9 nitrogen and oxygen atoms in total. The number of nitrogens with one attached hydrogen (secondary N) is 3. The normalized spacial score (nSPS) is 31.3. The van der Waals surface area contributed by atoms with E-state index in [1.54, 1.807) is 28.6 Å². The Balaban J connectivity index is 2.45. The first-order chi connectivity index (χ1) is 16.2. The van der Waals surface area contributed by atoms with Crippen LogP contribution in [-0.4, -0.2) is 82.6 Å². The number of carbonyl (C=O) groups excluding carboxylic acids is 4. The summed E-state index contributed by atoms with van der Waals surface area (Å²) in [5.41, 5.74) is 0. The highest BCUT2D eigenvalue weighted by Gasteiger charge is 2.33. The maximum Gasteiger partial charge on any atom is 0.309 e. The van der Waals surface area contributed by atoms with Crippen LogP contribution in [0.1, 0.15) is 39.5 Å². The number of carbonyl (C=O) groups is 4. The highest BCUT2D eigenvalue weighted by atomic mass is 33.1. The maximum absolute atomic E-state index is 13.2. The second-order valence-corrected chi connectivity index (χ2v) is 12.2. The molecule has 0 radical (unpaired) electrons. The molecule has 3 amide bonds. The number of fused-ring (bicyclic) bond motifs is 7. The van der Waals surface area contributed by atoms with Gasteiger partial charge in [0.1, 0.15) is 18.2 Å². The molecule has 2 aliphatic heterocycles. The largest absolute Gasteiger partial charge is 0.457 e. The van der Waals surface area contributed by atoms with E-state index in [4.69, 9.17) is 4.74 Å². The first-order valence-corrected chi connectivity index (χ1v) is 15.3. The standard InChI is InChI=1S/C22H35N3O6S3/c1-13(2)20-17(26)11-19(28)31-14-6-4-5-8-33-34-12-16(22(30)25-20)24-21(29)15(7-9-32-3)23-18(27)10-14/h4,6,13-17,20,26H,5,7-12H2,1-3H3,(H,23,27)(H,24,29)(H,25,30)/b6-4-/t14-,15-,16-,17+,20-/m1/s1. The number of allylic oxidation sites excluding steroid dienone is 1. The van der Waals surface area contributed by atoms with Crippen molar-refractivity contribution in [3.63, 3.8) is 0 Å². The average molecular weight is 534 g/mol. The third kappa shape index (κ3) is 9.71. The first kappa shape index (κ1) is 28.9. The number of rotatable bonds is 4. The maximum atomic E-state index is 13.2. The van der Waals surface area contributed by atoms with E-state index in [2.05, 4.69) is 16.0 Å². The fourth-order valence-electron chi connectivity index (χ4n) is 3.57. The van der Waals surface area contributed by atoms with Gasteiger partial charge < -0.3 is 25.8 Å². The van der Waals surface area contributed by atoms with E-state index in [0.717, 1.165) is 5.75 Å². The monoisotopic (exact) mass is 533 g/mol. The molecule has 5 atom stereocenters. The quantitative estimate of drug-likeness (QED) is 0.239. The van der Waals surface area contributed by atoms with Gasteiger partial charge in [-0.3, -0.25) is 19.2 Å². The van der Waals surface area contributed by atoms with Crippen molar-refractivity contribution in [2.45, 2.75) is 69.9 Å². The van der Waals surface area contributed by atoms with Gasteiger partial charge in [-0.1, -0.05) is 41.5 Å². The lowest BCUT2D eigenvalue weighted by Crippen LogP contribution is -2.58. The molecule has 1 fully saturated rings. The molecule has 0 aromatic heterocycles. The molecule has 2 heterocycles. The lowest BCUT2D eigenvalue weighted by Gasteiger charge is -2.29. The van der Waals surface area contributed by atoms with Crippen molar-refractivity contribution in [1.29, 1.82) is 0 Å². The van der Waals surface area contributed by atoms with Gasteiger partial charge in [0, 0.05) is 11.5 Å². The highest BCUT2D eigenvalue weighted by Crippen LogP contribution is 2.24. The summed E-state index contributed by atoms with van der Waals surface area (Å²) in [4.78, 5) is 51.6. The topological polar surface area (TPSA) is 134 Å². The molecule has 0 spiro atoms. The first-order valence-electron chi connectivity index (χ1n) is 11.4. The number of aliphatic hydroxyl groups is 1. The molecule has 34 heavy (non-hydrogen) atoms. The van der Waals surface area contributed by atoms with Crippen LogP contribution in [0.25, 0.3) is 0 Å². The van der Waals surface area contributed by atoms with Crippen LogP contribution in [0.4, 0.5) is 0 Å². The number of ether oxygens (including phenoxy) is 1. The second-order valence-electron chi connectivity index (χ2n) is 8.57. The Morgan fingerprint density at radius 3 is 2.59 bits per heavy atom. The van der Waals surface area contributed by atoms with Gasteiger partial charge in [0.25, 0.3) is 0 Å². The molecule has 2 rings (SSSR count). The molecule has 12 heteroatoms. The van der Waals surface area contributed by atoms with Crippen molar-refractivity contribution in [3.05, 3.63) is 12.2 Å². The molecule has 2 bridgehead atoms.